The smallest absolute Gasteiger partial charge is 0.457 e. The minimum absolute atomic E-state index is 0.0864. The average molecular weight is 591 g/mol. The number of allylic oxidation sites excluding steroid dienone is 4. The van der Waals surface area contributed by atoms with Gasteiger partial charge in [-0.3, -0.25) is 13.8 Å². The maximum Gasteiger partial charge on any atom is 0.472 e. The molecule has 0 heterocycles. The summed E-state index contributed by atoms with van der Waals surface area (Å²) in [5.74, 6) is -0.338. The molecule has 2 atom stereocenters. The van der Waals surface area contributed by atoms with Crippen LogP contribution in [0, 0.1) is 0 Å². The van der Waals surface area contributed by atoms with E-state index in [9.17, 15) is 14.3 Å². The van der Waals surface area contributed by atoms with Gasteiger partial charge in [0.15, 0.2) is 0 Å². The molecule has 0 radical (unpaired) electrons. The van der Waals surface area contributed by atoms with Gasteiger partial charge in [0.2, 0.25) is 0 Å². The van der Waals surface area contributed by atoms with E-state index in [0.29, 0.717) is 24.1 Å². The van der Waals surface area contributed by atoms with E-state index in [1.165, 1.54) is 38.5 Å². The molecule has 9 heteroatoms. The average Bonchev–Trinajstić information content (AvgIpc) is 2.88. The Morgan fingerprint density at radius 2 is 1.43 bits per heavy atom. The van der Waals surface area contributed by atoms with Crippen molar-refractivity contribution in [3.05, 3.63) is 24.3 Å². The van der Waals surface area contributed by atoms with E-state index in [1.54, 1.807) is 0 Å². The predicted octanol–water partition coefficient (Wildman–Crippen LogP) is 7.76. The molecule has 0 bridgehead atoms. The first-order valence-electron chi connectivity index (χ1n) is 15.6. The lowest BCUT2D eigenvalue weighted by Gasteiger charge is -2.24. The van der Waals surface area contributed by atoms with Gasteiger partial charge in [-0.05, 0) is 38.5 Å². The summed E-state index contributed by atoms with van der Waals surface area (Å²) in [5, 5.41) is 0. The highest BCUT2D eigenvalue weighted by Gasteiger charge is 2.26. The normalized spacial score (nSPS) is 14.7. The Morgan fingerprint density at radius 1 is 0.775 bits per heavy atom. The summed E-state index contributed by atoms with van der Waals surface area (Å²) in [6.07, 6.45) is 23.9. The molecular formula is C31H61NO7P+. The van der Waals surface area contributed by atoms with Crippen LogP contribution >= 0.6 is 7.82 Å². The molecule has 0 saturated heterocycles. The van der Waals surface area contributed by atoms with Crippen LogP contribution in [0.15, 0.2) is 24.3 Å². The van der Waals surface area contributed by atoms with Crippen molar-refractivity contribution in [2.75, 3.05) is 54.1 Å². The third-order valence-corrected chi connectivity index (χ3v) is 7.23. The molecule has 0 aromatic heterocycles. The highest BCUT2D eigenvalue weighted by atomic mass is 31.2. The van der Waals surface area contributed by atoms with Crippen LogP contribution in [0.25, 0.3) is 0 Å². The monoisotopic (exact) mass is 590 g/mol. The summed E-state index contributed by atoms with van der Waals surface area (Å²) in [6, 6.07) is 0. The van der Waals surface area contributed by atoms with Gasteiger partial charge < -0.3 is 18.9 Å². The zero-order valence-corrected chi connectivity index (χ0v) is 27.2. The first-order valence-corrected chi connectivity index (χ1v) is 17.1. The Hall–Kier alpha value is -1.02. The van der Waals surface area contributed by atoms with Gasteiger partial charge in [0, 0.05) is 13.0 Å². The lowest BCUT2D eigenvalue weighted by atomic mass is 10.1. The summed E-state index contributed by atoms with van der Waals surface area (Å²) in [5.41, 5.74) is 0. The molecular weight excluding hydrogens is 529 g/mol. The van der Waals surface area contributed by atoms with Crippen LogP contribution < -0.4 is 0 Å². The molecule has 0 fully saturated rings. The second-order valence-corrected chi connectivity index (χ2v) is 12.9. The molecule has 1 N–H and O–H groups in total. The number of hydrogen-bond acceptors (Lipinski definition) is 6. The quantitative estimate of drug-likeness (QED) is 0.0327. The van der Waals surface area contributed by atoms with E-state index in [4.69, 9.17) is 18.5 Å². The van der Waals surface area contributed by atoms with Crippen molar-refractivity contribution in [3.63, 3.8) is 0 Å². The molecule has 0 aromatic carbocycles. The van der Waals surface area contributed by atoms with Crippen LogP contribution in [0.1, 0.15) is 110 Å². The number of quaternary nitrogens is 1. The van der Waals surface area contributed by atoms with Gasteiger partial charge in [0.1, 0.15) is 19.3 Å². The van der Waals surface area contributed by atoms with Crippen molar-refractivity contribution in [3.8, 4) is 0 Å². The van der Waals surface area contributed by atoms with Crippen molar-refractivity contribution in [1.82, 2.24) is 0 Å². The fraction of sp³-hybridized carbons (Fsp3) is 0.839. The summed E-state index contributed by atoms with van der Waals surface area (Å²) in [7, 11) is 1.65. The van der Waals surface area contributed by atoms with Gasteiger partial charge in [-0.1, -0.05) is 89.5 Å². The molecule has 236 valence electrons. The molecule has 0 rings (SSSR count). The second-order valence-electron chi connectivity index (χ2n) is 11.5. The van der Waals surface area contributed by atoms with Crippen LogP contribution in [0.3, 0.4) is 0 Å². The lowest BCUT2D eigenvalue weighted by molar-refractivity contribution is -0.870. The van der Waals surface area contributed by atoms with Gasteiger partial charge in [-0.25, -0.2) is 4.57 Å². The molecule has 0 aromatic rings. The fourth-order valence-corrected chi connectivity index (χ4v) is 4.50. The van der Waals surface area contributed by atoms with Crippen molar-refractivity contribution >= 4 is 13.8 Å². The fourth-order valence-electron chi connectivity index (χ4n) is 3.76. The number of phosphoric acid groups is 1. The number of esters is 1. The Kier molecular flexibility index (Phi) is 25.0. The molecule has 0 aliphatic heterocycles. The molecule has 2 unspecified atom stereocenters. The molecule has 8 nitrogen and oxygen atoms in total. The molecule has 40 heavy (non-hydrogen) atoms. The van der Waals surface area contributed by atoms with E-state index < -0.39 is 13.9 Å². The number of hydrogen-bond donors (Lipinski definition) is 1. The molecule has 0 amide bonds. The number of unbranched alkanes of at least 4 members (excludes halogenated alkanes) is 10. The molecule has 0 saturated carbocycles. The van der Waals surface area contributed by atoms with Gasteiger partial charge in [0.05, 0.1) is 34.4 Å². The third-order valence-electron chi connectivity index (χ3n) is 6.25. The Labute approximate surface area is 245 Å². The Bertz CT molecular complexity index is 706. The van der Waals surface area contributed by atoms with E-state index in [2.05, 4.69) is 38.2 Å². The minimum Gasteiger partial charge on any atom is -0.457 e. The minimum atomic E-state index is -4.25. The van der Waals surface area contributed by atoms with E-state index in [1.807, 2.05) is 21.1 Å². The van der Waals surface area contributed by atoms with Crippen LogP contribution in [0.2, 0.25) is 0 Å². The first-order chi connectivity index (χ1) is 19.1. The van der Waals surface area contributed by atoms with Gasteiger partial charge in [-0.2, -0.15) is 0 Å². The number of likely N-dealkylation sites (N-methyl/N-ethyl adjacent to an activating group) is 1. The van der Waals surface area contributed by atoms with E-state index >= 15 is 0 Å². The number of carbonyl (C=O) groups excluding carboxylic acids is 1. The van der Waals surface area contributed by atoms with Crippen molar-refractivity contribution in [2.45, 2.75) is 116 Å². The number of rotatable bonds is 28. The lowest BCUT2D eigenvalue weighted by Crippen LogP contribution is -2.37. The van der Waals surface area contributed by atoms with Crippen molar-refractivity contribution in [2.24, 2.45) is 0 Å². The van der Waals surface area contributed by atoms with Gasteiger partial charge >= 0.3 is 13.8 Å². The Balaban J connectivity index is 4.23. The number of phosphoric ester groups is 1. The number of carbonyl (C=O) groups is 1. The summed E-state index contributed by atoms with van der Waals surface area (Å²) >= 11 is 0. The summed E-state index contributed by atoms with van der Waals surface area (Å²) < 4.78 is 34.4. The highest BCUT2D eigenvalue weighted by molar-refractivity contribution is 7.47. The third kappa shape index (κ3) is 28.5. The van der Waals surface area contributed by atoms with Crippen molar-refractivity contribution < 1.29 is 37.3 Å². The highest BCUT2D eigenvalue weighted by Crippen LogP contribution is 2.43. The topological polar surface area (TPSA) is 91.3 Å². The second kappa shape index (κ2) is 25.7. The standard InChI is InChI=1S/C31H60NO7P/c1-6-8-10-12-13-14-15-16-17-18-19-20-21-23-26-36-28-30(39-31(33)24-22-11-9-7-2)29-38-40(34,35)37-27-25-32(3,4)5/h10,12,14-15,30H,6-9,11,13,16-29H2,1-5H3/p+1/b12-10-,15-14-. The zero-order chi connectivity index (χ0) is 30.0. The number of nitrogens with zero attached hydrogens (tertiary/aromatic N) is 1. The van der Waals surface area contributed by atoms with Crippen LogP contribution in [-0.2, 0) is 27.9 Å². The van der Waals surface area contributed by atoms with Crippen LogP contribution in [0.5, 0.6) is 0 Å². The molecule has 0 aliphatic carbocycles. The van der Waals surface area contributed by atoms with Crippen molar-refractivity contribution in [1.29, 1.82) is 0 Å². The number of ether oxygens (including phenoxy) is 2. The molecule has 0 aliphatic rings. The summed E-state index contributed by atoms with van der Waals surface area (Å²) in [4.78, 5) is 22.3. The maximum atomic E-state index is 12.3. The Morgan fingerprint density at radius 3 is 2.10 bits per heavy atom. The SMILES string of the molecule is CCC/C=C\C/C=C\CCCCCCCCOCC(COP(=O)(O)OCC[N+](C)(C)C)OC(=O)CCCCCC. The van der Waals surface area contributed by atoms with E-state index in [0.717, 1.165) is 51.4 Å². The van der Waals surface area contributed by atoms with Crippen LogP contribution in [-0.4, -0.2) is 75.6 Å². The molecule has 0 spiro atoms. The first kappa shape index (κ1) is 39.0. The zero-order valence-electron chi connectivity index (χ0n) is 26.3. The van der Waals surface area contributed by atoms with E-state index in [-0.39, 0.29) is 25.8 Å². The van der Waals surface area contributed by atoms with Gasteiger partial charge in [-0.15, -0.1) is 0 Å². The predicted molar refractivity (Wildman–Crippen MR) is 164 cm³/mol. The summed E-state index contributed by atoms with van der Waals surface area (Å²) in [6.45, 7) is 5.38. The van der Waals surface area contributed by atoms with Gasteiger partial charge in [0.25, 0.3) is 0 Å². The largest absolute Gasteiger partial charge is 0.472 e. The van der Waals surface area contributed by atoms with Crippen LogP contribution in [0.4, 0.5) is 0 Å². The maximum absolute atomic E-state index is 12.3.